The van der Waals surface area contributed by atoms with E-state index in [4.69, 9.17) is 9.97 Å². The van der Waals surface area contributed by atoms with E-state index >= 15 is 0 Å². The molecule has 0 amide bonds. The minimum atomic E-state index is 0.690. The second-order valence-corrected chi connectivity index (χ2v) is 14.4. The summed E-state index contributed by atoms with van der Waals surface area (Å²) in [5.74, 6) is 0.690. The van der Waals surface area contributed by atoms with Gasteiger partial charge in [-0.1, -0.05) is 170 Å². The van der Waals surface area contributed by atoms with Crippen LogP contribution in [0, 0.1) is 0 Å². The Labute approximate surface area is 325 Å². The van der Waals surface area contributed by atoms with E-state index in [1.54, 1.807) is 6.20 Å². The predicted molar refractivity (Wildman–Crippen MR) is 232 cm³/mol. The van der Waals surface area contributed by atoms with Crippen LogP contribution in [0.3, 0.4) is 0 Å². The summed E-state index contributed by atoms with van der Waals surface area (Å²) in [6.07, 6.45) is 3.69. The molecule has 260 valence electrons. The van der Waals surface area contributed by atoms with E-state index in [1.807, 2.05) is 12.3 Å². The van der Waals surface area contributed by atoms with Crippen LogP contribution < -0.4 is 0 Å². The van der Waals surface area contributed by atoms with Crippen LogP contribution in [0.1, 0.15) is 0 Å². The molecule has 10 aromatic rings. The number of pyridine rings is 1. The fourth-order valence-electron chi connectivity index (χ4n) is 8.30. The van der Waals surface area contributed by atoms with Gasteiger partial charge in [-0.25, -0.2) is 9.97 Å². The molecule has 0 spiro atoms. The molecule has 0 atom stereocenters. The zero-order valence-electron chi connectivity index (χ0n) is 30.4. The maximum atomic E-state index is 5.20. The Hall–Kier alpha value is -7.49. The van der Waals surface area contributed by atoms with Crippen molar-refractivity contribution in [3.05, 3.63) is 200 Å². The summed E-state index contributed by atoms with van der Waals surface area (Å²) in [7, 11) is 0. The highest BCUT2D eigenvalue weighted by molar-refractivity contribution is 6.18. The summed E-state index contributed by atoms with van der Waals surface area (Å²) in [5.41, 5.74) is 17.0. The number of nitrogens with zero attached hydrogens (tertiary/aromatic N) is 3. The van der Waals surface area contributed by atoms with Gasteiger partial charge in [0.1, 0.15) is 0 Å². The molecule has 3 nitrogen and oxygen atoms in total. The molecule has 0 radical (unpaired) electrons. The second kappa shape index (κ2) is 13.1. The first kappa shape index (κ1) is 32.0. The molecular weight excluding hydrogens is 679 g/mol. The topological polar surface area (TPSA) is 38.7 Å². The summed E-state index contributed by atoms with van der Waals surface area (Å²) in [5, 5.41) is 5.08. The molecule has 2 heterocycles. The lowest BCUT2D eigenvalue weighted by Gasteiger charge is -2.12. The van der Waals surface area contributed by atoms with E-state index in [1.165, 1.54) is 66.1 Å². The Morgan fingerprint density at radius 2 is 0.857 bits per heavy atom. The van der Waals surface area contributed by atoms with Crippen molar-refractivity contribution in [2.75, 3.05) is 0 Å². The number of fused-ring (bicyclic) bond motifs is 4. The van der Waals surface area contributed by atoms with Crippen molar-refractivity contribution in [1.29, 1.82) is 0 Å². The number of benzene rings is 8. The molecule has 0 aliphatic heterocycles. The summed E-state index contributed by atoms with van der Waals surface area (Å²) in [6.45, 7) is 0. The Bertz CT molecular complexity index is 3060. The third-order valence-electron chi connectivity index (χ3n) is 11.2. The van der Waals surface area contributed by atoms with E-state index in [9.17, 15) is 0 Å². The predicted octanol–water partition coefficient (Wildman–Crippen LogP) is 13.8. The van der Waals surface area contributed by atoms with Gasteiger partial charge in [0.15, 0.2) is 5.82 Å². The fourth-order valence-corrected chi connectivity index (χ4v) is 8.30. The second-order valence-electron chi connectivity index (χ2n) is 14.4. The molecule has 3 heteroatoms. The number of aromatic nitrogens is 3. The van der Waals surface area contributed by atoms with Gasteiger partial charge in [0, 0.05) is 29.1 Å². The molecule has 0 unspecified atom stereocenters. The molecule has 0 saturated heterocycles. The zero-order chi connectivity index (χ0) is 37.0. The minimum Gasteiger partial charge on any atom is -0.264 e. The van der Waals surface area contributed by atoms with Crippen molar-refractivity contribution in [3.63, 3.8) is 0 Å². The molecule has 11 rings (SSSR count). The van der Waals surface area contributed by atoms with Crippen molar-refractivity contribution in [1.82, 2.24) is 15.0 Å². The molecule has 8 aromatic carbocycles. The lowest BCUT2D eigenvalue weighted by Crippen LogP contribution is -1.96. The van der Waals surface area contributed by atoms with E-state index in [-0.39, 0.29) is 0 Å². The van der Waals surface area contributed by atoms with Gasteiger partial charge in [0.05, 0.1) is 11.4 Å². The third-order valence-corrected chi connectivity index (χ3v) is 11.2. The number of hydrogen-bond donors (Lipinski definition) is 0. The number of rotatable bonds is 6. The van der Waals surface area contributed by atoms with Gasteiger partial charge in [-0.2, -0.15) is 0 Å². The average Bonchev–Trinajstić information content (AvgIpc) is 3.61. The lowest BCUT2D eigenvalue weighted by atomic mass is 9.94. The summed E-state index contributed by atoms with van der Waals surface area (Å²) < 4.78 is 0. The van der Waals surface area contributed by atoms with Gasteiger partial charge < -0.3 is 0 Å². The Morgan fingerprint density at radius 3 is 1.55 bits per heavy atom. The van der Waals surface area contributed by atoms with Gasteiger partial charge in [-0.05, 0) is 95.4 Å². The summed E-state index contributed by atoms with van der Waals surface area (Å²) in [6, 6.07) is 67.2. The van der Waals surface area contributed by atoms with Gasteiger partial charge in [-0.15, -0.1) is 0 Å². The van der Waals surface area contributed by atoms with Crippen LogP contribution in [0.2, 0.25) is 0 Å². The Kier molecular flexibility index (Phi) is 7.49. The van der Waals surface area contributed by atoms with E-state index in [2.05, 4.69) is 187 Å². The van der Waals surface area contributed by atoms with E-state index < -0.39 is 0 Å². The molecule has 0 N–H and O–H groups in total. The first-order valence-corrected chi connectivity index (χ1v) is 19.0. The minimum absolute atomic E-state index is 0.690. The molecule has 56 heavy (non-hydrogen) atoms. The summed E-state index contributed by atoms with van der Waals surface area (Å²) >= 11 is 0. The molecule has 0 saturated carbocycles. The third kappa shape index (κ3) is 5.49. The van der Waals surface area contributed by atoms with Crippen molar-refractivity contribution in [2.24, 2.45) is 0 Å². The summed E-state index contributed by atoms with van der Waals surface area (Å²) in [4.78, 5) is 14.7. The highest BCUT2D eigenvalue weighted by Crippen LogP contribution is 2.49. The quantitative estimate of drug-likeness (QED) is 0.172. The first-order chi connectivity index (χ1) is 27.7. The fraction of sp³-hybridized carbons (Fsp3) is 0. The van der Waals surface area contributed by atoms with Crippen LogP contribution in [0.25, 0.3) is 111 Å². The lowest BCUT2D eigenvalue weighted by molar-refractivity contribution is 1.18. The maximum absolute atomic E-state index is 5.20. The molecule has 1 aliphatic carbocycles. The van der Waals surface area contributed by atoms with Crippen LogP contribution in [-0.4, -0.2) is 15.0 Å². The van der Waals surface area contributed by atoms with Crippen LogP contribution in [0.15, 0.2) is 200 Å². The average molecular weight is 712 g/mol. The van der Waals surface area contributed by atoms with Gasteiger partial charge in [0.2, 0.25) is 0 Å². The van der Waals surface area contributed by atoms with Crippen LogP contribution in [0.4, 0.5) is 0 Å². The highest BCUT2D eigenvalue weighted by atomic mass is 14.9. The number of hydrogen-bond acceptors (Lipinski definition) is 3. The first-order valence-electron chi connectivity index (χ1n) is 19.0. The van der Waals surface area contributed by atoms with Crippen LogP contribution in [0.5, 0.6) is 0 Å². The standard InChI is InChI=1S/C53H33N3/c1-2-8-41-31-42(27-18-34(41)7-1)35-14-21-38(22-15-35)50-32-51(39-23-16-36(17-24-39)43-9-6-30-54-33-43)56-53(55-50)40-25-19-37(20-26-40)44-28-29-49-46-11-4-3-10-45(46)48-13-5-12-47(44)52(48)49/h1-33H. The zero-order valence-corrected chi connectivity index (χ0v) is 30.4. The molecule has 2 aromatic heterocycles. The van der Waals surface area contributed by atoms with Crippen molar-refractivity contribution < 1.29 is 0 Å². The van der Waals surface area contributed by atoms with E-state index in [0.717, 1.165) is 39.2 Å². The molecular formula is C53H33N3. The van der Waals surface area contributed by atoms with Crippen LogP contribution in [-0.2, 0) is 0 Å². The maximum Gasteiger partial charge on any atom is 0.160 e. The van der Waals surface area contributed by atoms with E-state index in [0.29, 0.717) is 5.82 Å². The molecule has 1 aliphatic rings. The van der Waals surface area contributed by atoms with Crippen molar-refractivity contribution in [2.45, 2.75) is 0 Å². The molecule has 0 fully saturated rings. The van der Waals surface area contributed by atoms with Crippen molar-refractivity contribution >= 4 is 21.5 Å². The van der Waals surface area contributed by atoms with Gasteiger partial charge in [0.25, 0.3) is 0 Å². The monoisotopic (exact) mass is 711 g/mol. The van der Waals surface area contributed by atoms with Gasteiger partial charge >= 0.3 is 0 Å². The smallest absolute Gasteiger partial charge is 0.160 e. The van der Waals surface area contributed by atoms with Gasteiger partial charge in [-0.3, -0.25) is 4.98 Å². The highest BCUT2D eigenvalue weighted by Gasteiger charge is 2.22. The SMILES string of the molecule is c1cncc(-c2ccc(-c3cc(-c4ccc(-c5ccc6ccccc6c5)cc4)nc(-c4ccc(-c5ccc6c7c(cccc57)-c5ccccc5-6)cc4)n3)cc2)c1. The Balaban J connectivity index is 0.979. The normalized spacial score (nSPS) is 11.6. The molecule has 0 bridgehead atoms. The van der Waals surface area contributed by atoms with Crippen LogP contribution >= 0.6 is 0 Å². The largest absolute Gasteiger partial charge is 0.264 e. The van der Waals surface area contributed by atoms with Crippen molar-refractivity contribution in [3.8, 4) is 89.5 Å². The Morgan fingerprint density at radius 1 is 0.304 bits per heavy atom.